The van der Waals surface area contributed by atoms with Crippen LogP contribution in [0.4, 0.5) is 0 Å². The van der Waals surface area contributed by atoms with Crippen molar-refractivity contribution in [1.82, 2.24) is 14.7 Å². The van der Waals surface area contributed by atoms with E-state index >= 15 is 0 Å². The van der Waals surface area contributed by atoms with Crippen LogP contribution in [0.1, 0.15) is 47.4 Å². The van der Waals surface area contributed by atoms with Crippen LogP contribution in [0, 0.1) is 0 Å². The maximum Gasteiger partial charge on any atom is 0.275 e. The normalized spacial score (nSPS) is 16.8. The van der Waals surface area contributed by atoms with Crippen LogP contribution in [0.5, 0.6) is 11.5 Å². The molecule has 0 spiro atoms. The van der Waals surface area contributed by atoms with Crippen molar-refractivity contribution in [1.29, 1.82) is 0 Å². The average molecular weight is 419 g/mol. The molecule has 0 radical (unpaired) electrons. The Morgan fingerprint density at radius 1 is 1.06 bits per heavy atom. The molecule has 1 aliphatic heterocycles. The Morgan fingerprint density at radius 2 is 1.77 bits per heavy atom. The zero-order valence-corrected chi connectivity index (χ0v) is 17.7. The standard InChI is InChI=1S/C24H25N3O4/c1-15(2)31-18-11-7-10-17(12-18)21(16-8-5-4-6-9-16)19-14-26(3)24(30)22-23(29)20(28)13-25-27(19)22/h4-13,15,19,21,29H,14H2,1-3H3/t19-,21?/m1/s1. The second kappa shape index (κ2) is 8.26. The fraction of sp³-hybridized carbons (Fsp3) is 0.292. The first-order chi connectivity index (χ1) is 14.9. The van der Waals surface area contributed by atoms with Crippen LogP contribution in [0.2, 0.25) is 0 Å². The molecule has 7 heteroatoms. The summed E-state index contributed by atoms with van der Waals surface area (Å²) in [5.74, 6) is -0.437. The van der Waals surface area contributed by atoms with E-state index in [1.165, 1.54) is 9.58 Å². The minimum Gasteiger partial charge on any atom is -0.502 e. The highest BCUT2D eigenvalue weighted by molar-refractivity contribution is 5.95. The number of carbonyl (C=O) groups excluding carboxylic acids is 1. The first-order valence-corrected chi connectivity index (χ1v) is 10.2. The highest BCUT2D eigenvalue weighted by atomic mass is 16.5. The van der Waals surface area contributed by atoms with Gasteiger partial charge in [0.15, 0.2) is 11.4 Å². The van der Waals surface area contributed by atoms with Gasteiger partial charge in [-0.2, -0.15) is 5.10 Å². The molecule has 0 bridgehead atoms. The summed E-state index contributed by atoms with van der Waals surface area (Å²) in [7, 11) is 1.66. The molecule has 0 fully saturated rings. The number of fused-ring (bicyclic) bond motifs is 1. The molecule has 0 saturated heterocycles. The van der Waals surface area contributed by atoms with Crippen molar-refractivity contribution < 1.29 is 14.6 Å². The van der Waals surface area contributed by atoms with Crippen LogP contribution in [0.3, 0.4) is 0 Å². The van der Waals surface area contributed by atoms with Crippen LogP contribution in [0.15, 0.2) is 65.6 Å². The topological polar surface area (TPSA) is 84.7 Å². The van der Waals surface area contributed by atoms with Crippen molar-refractivity contribution >= 4 is 5.91 Å². The molecule has 1 unspecified atom stereocenters. The molecule has 1 aromatic heterocycles. The van der Waals surface area contributed by atoms with Crippen molar-refractivity contribution in [3.8, 4) is 11.5 Å². The molecule has 31 heavy (non-hydrogen) atoms. The van der Waals surface area contributed by atoms with Gasteiger partial charge in [0.05, 0.1) is 18.3 Å². The Hall–Kier alpha value is -3.61. The number of nitrogens with zero attached hydrogens (tertiary/aromatic N) is 3. The Labute approximate surface area is 180 Å². The van der Waals surface area contributed by atoms with E-state index in [2.05, 4.69) is 5.10 Å². The summed E-state index contributed by atoms with van der Waals surface area (Å²) in [6, 6.07) is 17.5. The molecule has 2 heterocycles. The van der Waals surface area contributed by atoms with Gasteiger partial charge in [-0.25, -0.2) is 0 Å². The molecule has 1 amide bonds. The van der Waals surface area contributed by atoms with Crippen molar-refractivity contribution in [3.05, 3.63) is 87.8 Å². The number of hydrogen-bond donors (Lipinski definition) is 1. The number of likely N-dealkylation sites (N-methyl/N-ethyl adjacent to an activating group) is 1. The van der Waals surface area contributed by atoms with E-state index in [0.717, 1.165) is 23.1 Å². The van der Waals surface area contributed by atoms with Crippen molar-refractivity contribution in [2.75, 3.05) is 13.6 Å². The molecular weight excluding hydrogens is 394 g/mol. The molecule has 160 valence electrons. The third-order valence-electron chi connectivity index (χ3n) is 5.44. The quantitative estimate of drug-likeness (QED) is 0.687. The molecule has 2 atom stereocenters. The fourth-order valence-electron chi connectivity index (χ4n) is 4.13. The van der Waals surface area contributed by atoms with Gasteiger partial charge in [-0.05, 0) is 37.1 Å². The van der Waals surface area contributed by atoms with Gasteiger partial charge >= 0.3 is 0 Å². The van der Waals surface area contributed by atoms with E-state index in [4.69, 9.17) is 4.74 Å². The van der Waals surface area contributed by atoms with E-state index < -0.39 is 17.1 Å². The maximum atomic E-state index is 12.8. The molecule has 1 aliphatic rings. The van der Waals surface area contributed by atoms with E-state index in [1.54, 1.807) is 7.05 Å². The molecular formula is C24H25N3O4. The summed E-state index contributed by atoms with van der Waals surface area (Å²) in [6.07, 6.45) is 1.10. The number of benzene rings is 2. The predicted octanol–water partition coefficient (Wildman–Crippen LogP) is 3.19. The van der Waals surface area contributed by atoms with Gasteiger partial charge in [0.25, 0.3) is 5.91 Å². The molecule has 7 nitrogen and oxygen atoms in total. The van der Waals surface area contributed by atoms with Gasteiger partial charge in [0.1, 0.15) is 5.75 Å². The summed E-state index contributed by atoms with van der Waals surface area (Å²) in [4.78, 5) is 26.3. The Morgan fingerprint density at radius 3 is 2.48 bits per heavy atom. The zero-order chi connectivity index (χ0) is 22.1. The van der Waals surface area contributed by atoms with E-state index in [0.29, 0.717) is 6.54 Å². The van der Waals surface area contributed by atoms with Crippen LogP contribution in [-0.4, -0.2) is 45.4 Å². The first-order valence-electron chi connectivity index (χ1n) is 10.2. The third kappa shape index (κ3) is 3.91. The summed E-state index contributed by atoms with van der Waals surface area (Å²) in [5.41, 5.74) is 1.27. The number of carbonyl (C=O) groups is 1. The van der Waals surface area contributed by atoms with Crippen molar-refractivity contribution in [2.24, 2.45) is 0 Å². The van der Waals surface area contributed by atoms with E-state index in [1.807, 2.05) is 68.4 Å². The monoisotopic (exact) mass is 419 g/mol. The van der Waals surface area contributed by atoms with E-state index in [-0.39, 0.29) is 23.8 Å². The number of aromatic hydroxyl groups is 1. The van der Waals surface area contributed by atoms with Crippen LogP contribution in [0.25, 0.3) is 0 Å². The minimum atomic E-state index is -0.669. The van der Waals surface area contributed by atoms with Gasteiger partial charge in [0.2, 0.25) is 5.43 Å². The van der Waals surface area contributed by atoms with Crippen LogP contribution >= 0.6 is 0 Å². The lowest BCUT2D eigenvalue weighted by Gasteiger charge is -2.37. The Kier molecular flexibility index (Phi) is 5.50. The van der Waals surface area contributed by atoms with Crippen molar-refractivity contribution in [3.63, 3.8) is 0 Å². The smallest absolute Gasteiger partial charge is 0.275 e. The summed E-state index contributed by atoms with van der Waals surface area (Å²) < 4.78 is 7.40. The van der Waals surface area contributed by atoms with Crippen LogP contribution in [-0.2, 0) is 0 Å². The van der Waals surface area contributed by atoms with Crippen molar-refractivity contribution in [2.45, 2.75) is 31.9 Å². The summed E-state index contributed by atoms with van der Waals surface area (Å²) in [5, 5.41) is 14.6. The van der Waals surface area contributed by atoms with Gasteiger partial charge in [0, 0.05) is 19.5 Å². The predicted molar refractivity (Wildman–Crippen MR) is 117 cm³/mol. The minimum absolute atomic E-state index is 0.0352. The van der Waals surface area contributed by atoms with E-state index in [9.17, 15) is 14.7 Å². The lowest BCUT2D eigenvalue weighted by Crippen LogP contribution is -2.45. The molecule has 0 saturated carbocycles. The lowest BCUT2D eigenvalue weighted by atomic mass is 9.83. The number of aromatic nitrogens is 2. The highest BCUT2D eigenvalue weighted by Gasteiger charge is 2.38. The molecule has 4 rings (SSSR count). The number of hydrogen-bond acceptors (Lipinski definition) is 5. The zero-order valence-electron chi connectivity index (χ0n) is 17.7. The molecule has 0 aliphatic carbocycles. The number of ether oxygens (including phenoxy) is 1. The largest absolute Gasteiger partial charge is 0.502 e. The second-order valence-corrected chi connectivity index (χ2v) is 8.03. The lowest BCUT2D eigenvalue weighted by molar-refractivity contribution is 0.0686. The second-order valence-electron chi connectivity index (χ2n) is 8.03. The third-order valence-corrected chi connectivity index (χ3v) is 5.44. The number of rotatable bonds is 5. The van der Waals surface area contributed by atoms with Gasteiger partial charge in [-0.1, -0.05) is 42.5 Å². The van der Waals surface area contributed by atoms with Gasteiger partial charge in [-0.3, -0.25) is 14.3 Å². The summed E-state index contributed by atoms with van der Waals surface area (Å²) >= 11 is 0. The Balaban J connectivity index is 1.90. The number of amides is 1. The summed E-state index contributed by atoms with van der Waals surface area (Å²) in [6.45, 7) is 4.32. The van der Waals surface area contributed by atoms with Crippen LogP contribution < -0.4 is 10.2 Å². The molecule has 2 aromatic carbocycles. The van der Waals surface area contributed by atoms with Gasteiger partial charge in [-0.15, -0.1) is 0 Å². The molecule has 1 N–H and O–H groups in total. The van der Waals surface area contributed by atoms with Gasteiger partial charge < -0.3 is 14.7 Å². The average Bonchev–Trinajstić information content (AvgIpc) is 2.74. The first kappa shape index (κ1) is 20.7. The SMILES string of the molecule is CC(C)Oc1cccc(C(c2ccccc2)[C@H]2CN(C)C(=O)c3c(O)c(=O)cnn32)c1. The fourth-order valence-corrected chi connectivity index (χ4v) is 4.13. The maximum absolute atomic E-state index is 12.8. The Bertz CT molecular complexity index is 1160. The highest BCUT2D eigenvalue weighted by Crippen LogP contribution is 2.39. The molecule has 3 aromatic rings.